The number of nitrogens with zero attached hydrogens (tertiary/aromatic N) is 1. The van der Waals surface area contributed by atoms with Crippen LogP contribution in [0.4, 0.5) is 5.69 Å². The second kappa shape index (κ2) is 5.43. The topological polar surface area (TPSA) is 86.7 Å². The van der Waals surface area contributed by atoms with Gasteiger partial charge in [0, 0.05) is 6.54 Å². The molecule has 0 amide bonds. The Labute approximate surface area is 128 Å². The van der Waals surface area contributed by atoms with Gasteiger partial charge in [-0.1, -0.05) is 18.2 Å². The van der Waals surface area contributed by atoms with Crippen LogP contribution in [-0.2, 0) is 16.4 Å². The molecule has 3 rings (SSSR count). The molecule has 2 aromatic carbocycles. The van der Waals surface area contributed by atoms with Crippen molar-refractivity contribution in [3.63, 3.8) is 0 Å². The molecular formula is C15H14N2O4S. The highest BCUT2D eigenvalue weighted by molar-refractivity contribution is 7.89. The summed E-state index contributed by atoms with van der Waals surface area (Å²) in [5, 5.41) is 10.4. The van der Waals surface area contributed by atoms with Crippen molar-refractivity contribution in [3.8, 4) is 0 Å². The Bertz CT molecular complexity index is 816. The molecule has 22 heavy (non-hydrogen) atoms. The molecule has 0 fully saturated rings. The number of anilines is 1. The first-order valence-electron chi connectivity index (χ1n) is 6.69. The summed E-state index contributed by atoms with van der Waals surface area (Å²) in [6, 6.07) is 12.7. The van der Waals surface area contributed by atoms with Crippen molar-refractivity contribution in [2.45, 2.75) is 11.3 Å². The summed E-state index contributed by atoms with van der Waals surface area (Å²) in [6.07, 6.45) is 0.774. The molecule has 7 heteroatoms. The van der Waals surface area contributed by atoms with Crippen LogP contribution in [0.15, 0.2) is 53.4 Å². The lowest BCUT2D eigenvalue weighted by atomic mass is 10.2. The lowest BCUT2D eigenvalue weighted by Gasteiger charge is -2.20. The van der Waals surface area contributed by atoms with Gasteiger partial charge in [-0.05, 0) is 42.3 Å². The molecule has 6 nitrogen and oxygen atoms in total. The summed E-state index contributed by atoms with van der Waals surface area (Å²) >= 11 is 0. The van der Waals surface area contributed by atoms with E-state index in [4.69, 9.17) is 5.11 Å². The van der Waals surface area contributed by atoms with Gasteiger partial charge in [0.15, 0.2) is 0 Å². The molecule has 114 valence electrons. The first kappa shape index (κ1) is 14.6. The molecule has 0 aromatic heterocycles. The Hall–Kier alpha value is -2.38. The molecule has 0 aliphatic carbocycles. The van der Waals surface area contributed by atoms with Crippen LogP contribution in [0.25, 0.3) is 0 Å². The SMILES string of the molecule is O=C(O)c1ccc(S(=O)(=O)NN2CCc3ccccc32)cc1. The fourth-order valence-corrected chi connectivity index (χ4v) is 3.49. The minimum atomic E-state index is -3.75. The Kier molecular flexibility index (Phi) is 3.59. The molecule has 0 spiro atoms. The largest absolute Gasteiger partial charge is 0.478 e. The standard InChI is InChI=1S/C15H14N2O4S/c18-15(19)12-5-7-13(8-6-12)22(20,21)16-17-10-9-11-3-1-2-4-14(11)17/h1-8,16H,9-10H2,(H,18,19). The third kappa shape index (κ3) is 2.68. The molecule has 0 bridgehead atoms. The van der Waals surface area contributed by atoms with E-state index in [0.717, 1.165) is 17.7 Å². The van der Waals surface area contributed by atoms with Crippen LogP contribution in [0.5, 0.6) is 0 Å². The van der Waals surface area contributed by atoms with Crippen LogP contribution in [0.2, 0.25) is 0 Å². The number of carboxylic acids is 1. The van der Waals surface area contributed by atoms with Crippen molar-refractivity contribution in [1.29, 1.82) is 0 Å². The number of para-hydroxylation sites is 1. The van der Waals surface area contributed by atoms with Crippen molar-refractivity contribution in [3.05, 3.63) is 59.7 Å². The second-order valence-corrected chi connectivity index (χ2v) is 6.62. The first-order valence-corrected chi connectivity index (χ1v) is 8.17. The van der Waals surface area contributed by atoms with Gasteiger partial charge in [0.2, 0.25) is 0 Å². The summed E-state index contributed by atoms with van der Waals surface area (Å²) in [4.78, 5) is 13.4. The quantitative estimate of drug-likeness (QED) is 0.895. The van der Waals surface area contributed by atoms with Gasteiger partial charge >= 0.3 is 5.97 Å². The highest BCUT2D eigenvalue weighted by Gasteiger charge is 2.24. The molecule has 0 radical (unpaired) electrons. The van der Waals surface area contributed by atoms with Gasteiger partial charge in [-0.2, -0.15) is 0 Å². The summed E-state index contributed by atoms with van der Waals surface area (Å²) in [5.41, 5.74) is 1.98. The maximum Gasteiger partial charge on any atom is 0.335 e. The van der Waals surface area contributed by atoms with E-state index in [-0.39, 0.29) is 10.5 Å². The number of carboxylic acid groups (broad SMARTS) is 1. The number of sulfonamides is 1. The third-order valence-electron chi connectivity index (χ3n) is 3.53. The van der Waals surface area contributed by atoms with E-state index < -0.39 is 16.0 Å². The predicted octanol–water partition coefficient (Wildman–Crippen LogP) is 1.64. The summed E-state index contributed by atoms with van der Waals surface area (Å²) in [6.45, 7) is 0.561. The van der Waals surface area contributed by atoms with Gasteiger partial charge in [-0.3, -0.25) is 5.01 Å². The molecular weight excluding hydrogens is 304 g/mol. The van der Waals surface area contributed by atoms with Crippen molar-refractivity contribution in [1.82, 2.24) is 4.83 Å². The van der Waals surface area contributed by atoms with Crippen LogP contribution in [0.1, 0.15) is 15.9 Å². The minimum absolute atomic E-state index is 0.0295. The smallest absolute Gasteiger partial charge is 0.335 e. The maximum absolute atomic E-state index is 12.4. The fraction of sp³-hybridized carbons (Fsp3) is 0.133. The van der Waals surface area contributed by atoms with Gasteiger partial charge in [0.1, 0.15) is 0 Å². The number of aromatic carboxylic acids is 1. The number of carbonyl (C=O) groups is 1. The fourth-order valence-electron chi connectivity index (χ4n) is 2.41. The number of hydrazine groups is 1. The Morgan fingerprint density at radius 1 is 1.09 bits per heavy atom. The van der Waals surface area contributed by atoms with E-state index in [2.05, 4.69) is 4.83 Å². The third-order valence-corrected chi connectivity index (χ3v) is 4.88. The zero-order valence-electron chi connectivity index (χ0n) is 11.6. The van der Waals surface area contributed by atoms with Crippen LogP contribution in [0, 0.1) is 0 Å². The van der Waals surface area contributed by atoms with Gasteiger partial charge in [-0.15, -0.1) is 4.83 Å². The zero-order chi connectivity index (χ0) is 15.7. The summed E-state index contributed by atoms with van der Waals surface area (Å²) < 4.78 is 24.8. The molecule has 2 aromatic rings. The average Bonchev–Trinajstić information content (AvgIpc) is 2.90. The number of fused-ring (bicyclic) bond motifs is 1. The predicted molar refractivity (Wildman–Crippen MR) is 81.2 cm³/mol. The van der Waals surface area contributed by atoms with Crippen LogP contribution < -0.4 is 9.84 Å². The number of rotatable bonds is 4. The highest BCUT2D eigenvalue weighted by Crippen LogP contribution is 2.26. The molecule has 1 heterocycles. The number of benzene rings is 2. The summed E-state index contributed by atoms with van der Waals surface area (Å²) in [5.74, 6) is -1.09. The van der Waals surface area contributed by atoms with E-state index in [0.29, 0.717) is 6.54 Å². The monoisotopic (exact) mass is 318 g/mol. The summed E-state index contributed by atoms with van der Waals surface area (Å²) in [7, 11) is -3.75. The second-order valence-electron chi connectivity index (χ2n) is 4.95. The molecule has 0 saturated heterocycles. The van der Waals surface area contributed by atoms with E-state index in [1.54, 1.807) is 5.01 Å². The van der Waals surface area contributed by atoms with Gasteiger partial charge in [0.05, 0.1) is 16.1 Å². The molecule has 0 unspecified atom stereocenters. The number of nitrogens with one attached hydrogen (secondary N) is 1. The van der Waals surface area contributed by atoms with Crippen molar-refractivity contribution < 1.29 is 18.3 Å². The number of hydrogen-bond acceptors (Lipinski definition) is 4. The maximum atomic E-state index is 12.4. The lowest BCUT2D eigenvalue weighted by Crippen LogP contribution is -2.41. The van der Waals surface area contributed by atoms with Crippen molar-refractivity contribution in [2.24, 2.45) is 0 Å². The molecule has 1 aliphatic rings. The van der Waals surface area contributed by atoms with Crippen LogP contribution in [-0.4, -0.2) is 26.0 Å². The zero-order valence-corrected chi connectivity index (χ0v) is 12.4. The van der Waals surface area contributed by atoms with E-state index in [9.17, 15) is 13.2 Å². The van der Waals surface area contributed by atoms with Crippen molar-refractivity contribution in [2.75, 3.05) is 11.6 Å². The minimum Gasteiger partial charge on any atom is -0.478 e. The Balaban J connectivity index is 1.84. The van der Waals surface area contributed by atoms with Crippen molar-refractivity contribution >= 4 is 21.7 Å². The van der Waals surface area contributed by atoms with Crippen LogP contribution >= 0.6 is 0 Å². The highest BCUT2D eigenvalue weighted by atomic mass is 32.2. The lowest BCUT2D eigenvalue weighted by molar-refractivity contribution is 0.0696. The molecule has 0 atom stereocenters. The molecule has 2 N–H and O–H groups in total. The average molecular weight is 318 g/mol. The van der Waals surface area contributed by atoms with Gasteiger partial charge in [0.25, 0.3) is 10.0 Å². The van der Waals surface area contributed by atoms with Crippen LogP contribution in [0.3, 0.4) is 0 Å². The Morgan fingerprint density at radius 3 is 2.45 bits per heavy atom. The Morgan fingerprint density at radius 2 is 1.77 bits per heavy atom. The van der Waals surface area contributed by atoms with E-state index >= 15 is 0 Å². The molecule has 1 aliphatic heterocycles. The van der Waals surface area contributed by atoms with Gasteiger partial charge < -0.3 is 5.11 Å². The first-order chi connectivity index (χ1) is 10.5. The van der Waals surface area contributed by atoms with Gasteiger partial charge in [-0.25, -0.2) is 13.2 Å². The van der Waals surface area contributed by atoms with E-state index in [1.165, 1.54) is 24.3 Å². The molecule has 0 saturated carbocycles. The number of hydrogen-bond donors (Lipinski definition) is 2. The van der Waals surface area contributed by atoms with E-state index in [1.807, 2.05) is 24.3 Å². The normalized spacial score (nSPS) is 13.9.